The fraction of sp³-hybridized carbons (Fsp3) is 0.400. The predicted molar refractivity (Wildman–Crippen MR) is 80.9 cm³/mol. The first kappa shape index (κ1) is 15.9. The third-order valence-corrected chi connectivity index (χ3v) is 2.54. The van der Waals surface area contributed by atoms with Crippen molar-refractivity contribution in [2.75, 3.05) is 45.8 Å². The molecule has 0 bridgehead atoms. The molecule has 0 aliphatic rings. The van der Waals surface area contributed by atoms with E-state index in [-0.39, 0.29) is 6.03 Å². The molecule has 2 amide bonds. The van der Waals surface area contributed by atoms with Crippen LogP contribution in [0.25, 0.3) is 0 Å². The summed E-state index contributed by atoms with van der Waals surface area (Å²) in [7, 11) is 5.54. The molecule has 1 aromatic rings. The number of anilines is 1. The fourth-order valence-corrected chi connectivity index (χ4v) is 1.56. The van der Waals surface area contributed by atoms with Crippen molar-refractivity contribution >= 4 is 11.7 Å². The van der Waals surface area contributed by atoms with Crippen LogP contribution in [-0.4, -0.2) is 46.9 Å². The Hall–Kier alpha value is -2.19. The molecule has 2 N–H and O–H groups in total. The predicted octanol–water partition coefficient (Wildman–Crippen LogP) is 1.05. The smallest absolute Gasteiger partial charge is 0.315 e. The van der Waals surface area contributed by atoms with Crippen molar-refractivity contribution in [2.45, 2.75) is 0 Å². The van der Waals surface area contributed by atoms with Gasteiger partial charge in [0, 0.05) is 33.3 Å². The molecule has 20 heavy (non-hydrogen) atoms. The van der Waals surface area contributed by atoms with Gasteiger partial charge in [0.2, 0.25) is 0 Å². The number of nitrogens with one attached hydrogen (secondary N) is 2. The molecule has 5 heteroatoms. The standard InChI is InChI=1S/C15H21N3O2/c1-18(2)14-9-5-4-7-13(14)8-6-10-16-15(19)17-11-12-20-3/h4-5,7,9H,10-12H2,1-3H3,(H2,16,17,19). The summed E-state index contributed by atoms with van der Waals surface area (Å²) in [6, 6.07) is 7.65. The second-order valence-corrected chi connectivity index (χ2v) is 4.32. The van der Waals surface area contributed by atoms with E-state index in [2.05, 4.69) is 22.5 Å². The lowest BCUT2D eigenvalue weighted by Crippen LogP contribution is -2.37. The molecule has 0 saturated carbocycles. The zero-order valence-corrected chi connectivity index (χ0v) is 12.2. The number of para-hydroxylation sites is 1. The molecule has 1 aromatic carbocycles. The van der Waals surface area contributed by atoms with Crippen LogP contribution in [-0.2, 0) is 4.74 Å². The minimum absolute atomic E-state index is 0.239. The summed E-state index contributed by atoms with van der Waals surface area (Å²) in [5, 5.41) is 5.33. The van der Waals surface area contributed by atoms with Crippen LogP contribution in [0.2, 0.25) is 0 Å². The maximum Gasteiger partial charge on any atom is 0.315 e. The van der Waals surface area contributed by atoms with E-state index in [1.165, 1.54) is 0 Å². The third kappa shape index (κ3) is 5.63. The number of carbonyl (C=O) groups excluding carboxylic acids is 1. The van der Waals surface area contributed by atoms with E-state index in [1.807, 2.05) is 43.3 Å². The van der Waals surface area contributed by atoms with Gasteiger partial charge in [-0.1, -0.05) is 24.0 Å². The molecule has 0 saturated heterocycles. The van der Waals surface area contributed by atoms with Gasteiger partial charge in [0.05, 0.1) is 18.8 Å². The van der Waals surface area contributed by atoms with E-state index in [1.54, 1.807) is 7.11 Å². The highest BCUT2D eigenvalue weighted by molar-refractivity contribution is 5.74. The minimum Gasteiger partial charge on any atom is -0.383 e. The van der Waals surface area contributed by atoms with Crippen LogP contribution in [0.5, 0.6) is 0 Å². The quantitative estimate of drug-likeness (QED) is 0.624. The van der Waals surface area contributed by atoms with Gasteiger partial charge in [-0.2, -0.15) is 0 Å². The van der Waals surface area contributed by atoms with Gasteiger partial charge in [0.1, 0.15) is 0 Å². The highest BCUT2D eigenvalue weighted by Gasteiger charge is 2.00. The zero-order chi connectivity index (χ0) is 14.8. The van der Waals surface area contributed by atoms with Gasteiger partial charge in [-0.05, 0) is 12.1 Å². The number of amides is 2. The van der Waals surface area contributed by atoms with Gasteiger partial charge in [-0.25, -0.2) is 4.79 Å². The average Bonchev–Trinajstić information content (AvgIpc) is 2.44. The van der Waals surface area contributed by atoms with Crippen molar-refractivity contribution in [3.05, 3.63) is 29.8 Å². The maximum atomic E-state index is 11.4. The highest BCUT2D eigenvalue weighted by Crippen LogP contribution is 2.16. The van der Waals surface area contributed by atoms with Gasteiger partial charge in [0.15, 0.2) is 0 Å². The number of hydrogen-bond donors (Lipinski definition) is 2. The molecule has 5 nitrogen and oxygen atoms in total. The number of ether oxygens (including phenoxy) is 1. The third-order valence-electron chi connectivity index (χ3n) is 2.54. The minimum atomic E-state index is -0.239. The average molecular weight is 275 g/mol. The summed E-state index contributed by atoms with van der Waals surface area (Å²) < 4.78 is 4.84. The molecule has 108 valence electrons. The molecular formula is C15H21N3O2. The van der Waals surface area contributed by atoms with Crippen molar-refractivity contribution < 1.29 is 9.53 Å². The van der Waals surface area contributed by atoms with Crippen LogP contribution < -0.4 is 15.5 Å². The van der Waals surface area contributed by atoms with E-state index in [0.29, 0.717) is 19.7 Å². The fourth-order valence-electron chi connectivity index (χ4n) is 1.56. The van der Waals surface area contributed by atoms with Crippen molar-refractivity contribution in [2.24, 2.45) is 0 Å². The molecule has 0 atom stereocenters. The first-order valence-corrected chi connectivity index (χ1v) is 6.41. The molecule has 0 heterocycles. The monoisotopic (exact) mass is 275 g/mol. The lowest BCUT2D eigenvalue weighted by molar-refractivity contribution is 0.196. The van der Waals surface area contributed by atoms with E-state index in [9.17, 15) is 4.79 Å². The number of hydrogen-bond acceptors (Lipinski definition) is 3. The van der Waals surface area contributed by atoms with Gasteiger partial charge in [0.25, 0.3) is 0 Å². The van der Waals surface area contributed by atoms with E-state index in [0.717, 1.165) is 11.3 Å². The molecule has 0 aliphatic carbocycles. The van der Waals surface area contributed by atoms with Crippen molar-refractivity contribution in [1.82, 2.24) is 10.6 Å². The van der Waals surface area contributed by atoms with E-state index >= 15 is 0 Å². The molecule has 1 rings (SSSR count). The molecule has 0 unspecified atom stereocenters. The van der Waals surface area contributed by atoms with Gasteiger partial charge in [-0.15, -0.1) is 0 Å². The SMILES string of the molecule is COCCNC(=O)NCC#Cc1ccccc1N(C)C. The van der Waals surface area contributed by atoms with Gasteiger partial charge >= 0.3 is 6.03 Å². The molecular weight excluding hydrogens is 254 g/mol. The number of benzene rings is 1. The number of methoxy groups -OCH3 is 1. The number of urea groups is 1. The first-order valence-electron chi connectivity index (χ1n) is 6.41. The summed E-state index contributed by atoms with van der Waals surface area (Å²) in [6.07, 6.45) is 0. The van der Waals surface area contributed by atoms with Crippen molar-refractivity contribution in [3.63, 3.8) is 0 Å². The lowest BCUT2D eigenvalue weighted by Gasteiger charge is -2.13. The summed E-state index contributed by atoms with van der Waals surface area (Å²) in [4.78, 5) is 13.4. The summed E-state index contributed by atoms with van der Waals surface area (Å²) >= 11 is 0. The van der Waals surface area contributed by atoms with Crippen LogP contribution in [0.3, 0.4) is 0 Å². The second-order valence-electron chi connectivity index (χ2n) is 4.32. The summed E-state index contributed by atoms with van der Waals surface area (Å²) in [6.45, 7) is 1.29. The highest BCUT2D eigenvalue weighted by atomic mass is 16.5. The Bertz CT molecular complexity index is 489. The molecule has 0 spiro atoms. The number of nitrogens with zero attached hydrogens (tertiary/aromatic N) is 1. The Morgan fingerprint density at radius 1 is 1.30 bits per heavy atom. The second kappa shape index (κ2) is 8.83. The summed E-state index contributed by atoms with van der Waals surface area (Å²) in [5.41, 5.74) is 2.00. The van der Waals surface area contributed by atoms with E-state index < -0.39 is 0 Å². The van der Waals surface area contributed by atoms with Crippen molar-refractivity contribution in [1.29, 1.82) is 0 Å². The van der Waals surface area contributed by atoms with Crippen LogP contribution in [0.1, 0.15) is 5.56 Å². The van der Waals surface area contributed by atoms with Crippen LogP contribution >= 0.6 is 0 Å². The van der Waals surface area contributed by atoms with Crippen LogP contribution in [0.4, 0.5) is 10.5 Å². The maximum absolute atomic E-state index is 11.4. The van der Waals surface area contributed by atoms with Crippen LogP contribution in [0, 0.1) is 11.8 Å². The lowest BCUT2D eigenvalue weighted by atomic mass is 10.1. The first-order chi connectivity index (χ1) is 9.65. The van der Waals surface area contributed by atoms with Crippen LogP contribution in [0.15, 0.2) is 24.3 Å². The molecule has 0 radical (unpaired) electrons. The zero-order valence-electron chi connectivity index (χ0n) is 12.2. The Morgan fingerprint density at radius 2 is 2.05 bits per heavy atom. The van der Waals surface area contributed by atoms with Gasteiger partial charge in [-0.3, -0.25) is 0 Å². The Balaban J connectivity index is 2.45. The molecule has 0 aromatic heterocycles. The van der Waals surface area contributed by atoms with E-state index in [4.69, 9.17) is 4.74 Å². The Kier molecular flexibility index (Phi) is 7.01. The summed E-state index contributed by atoms with van der Waals surface area (Å²) in [5.74, 6) is 6.00. The van der Waals surface area contributed by atoms with Gasteiger partial charge < -0.3 is 20.3 Å². The largest absolute Gasteiger partial charge is 0.383 e. The molecule has 0 aliphatic heterocycles. The number of carbonyl (C=O) groups is 1. The number of rotatable bonds is 5. The Labute approximate surface area is 120 Å². The normalized spacial score (nSPS) is 9.35. The Morgan fingerprint density at radius 3 is 2.75 bits per heavy atom. The van der Waals surface area contributed by atoms with Crippen molar-refractivity contribution in [3.8, 4) is 11.8 Å². The topological polar surface area (TPSA) is 53.6 Å². The molecule has 0 fully saturated rings.